The van der Waals surface area contributed by atoms with E-state index in [4.69, 9.17) is 10.8 Å². The minimum atomic E-state index is -0.937. The van der Waals surface area contributed by atoms with Gasteiger partial charge in [0.05, 0.1) is 6.42 Å². The van der Waals surface area contributed by atoms with Gasteiger partial charge in [-0.15, -0.1) is 0 Å². The van der Waals surface area contributed by atoms with E-state index in [0.717, 1.165) is 12.8 Å². The Morgan fingerprint density at radius 2 is 2.28 bits per heavy atom. The summed E-state index contributed by atoms with van der Waals surface area (Å²) in [7, 11) is 0. The molecule has 3 atom stereocenters. The van der Waals surface area contributed by atoms with E-state index in [-0.39, 0.29) is 17.8 Å². The Morgan fingerprint density at radius 3 is 2.83 bits per heavy atom. The molecular formula is C14H20FNO2. The standard InChI is InChI=1S/C14H20FNO2/c15-14(1-2-14)5-9-3-10-6-13(8-16,7-12(17)18)11(10)4-9/h4,10-11H,1-3,5-8,16H2,(H,17,18)/t10-,11-,13-/m1/s1. The summed E-state index contributed by atoms with van der Waals surface area (Å²) in [4.78, 5) is 10.9. The molecule has 0 radical (unpaired) electrons. The number of carboxylic acids is 1. The van der Waals surface area contributed by atoms with Crippen LogP contribution in [-0.2, 0) is 4.79 Å². The number of carboxylic acid groups (broad SMARTS) is 1. The van der Waals surface area contributed by atoms with E-state index in [9.17, 15) is 9.18 Å². The smallest absolute Gasteiger partial charge is 0.303 e. The molecule has 100 valence electrons. The number of hydrogen-bond donors (Lipinski definition) is 2. The number of carbonyl (C=O) groups is 1. The first-order chi connectivity index (χ1) is 8.46. The molecule has 3 aliphatic rings. The maximum atomic E-state index is 13.8. The van der Waals surface area contributed by atoms with Gasteiger partial charge in [0.2, 0.25) is 0 Å². The van der Waals surface area contributed by atoms with Crippen molar-refractivity contribution in [2.45, 2.75) is 44.2 Å². The molecule has 18 heavy (non-hydrogen) atoms. The van der Waals surface area contributed by atoms with Crippen molar-refractivity contribution in [3.63, 3.8) is 0 Å². The Bertz CT molecular complexity index is 416. The summed E-state index contributed by atoms with van der Waals surface area (Å²) in [5, 5.41) is 8.99. The predicted molar refractivity (Wildman–Crippen MR) is 65.7 cm³/mol. The molecule has 0 aromatic carbocycles. The molecule has 2 fully saturated rings. The average molecular weight is 253 g/mol. The predicted octanol–water partition coefficient (Wildman–Crippen LogP) is 2.26. The molecule has 0 spiro atoms. The van der Waals surface area contributed by atoms with E-state index < -0.39 is 11.6 Å². The van der Waals surface area contributed by atoms with Gasteiger partial charge in [-0.2, -0.15) is 0 Å². The van der Waals surface area contributed by atoms with Crippen molar-refractivity contribution < 1.29 is 14.3 Å². The lowest BCUT2D eigenvalue weighted by molar-refractivity contribution is -0.144. The summed E-state index contributed by atoms with van der Waals surface area (Å²) in [6.07, 6.45) is 6.08. The maximum Gasteiger partial charge on any atom is 0.303 e. The minimum absolute atomic E-state index is 0.148. The van der Waals surface area contributed by atoms with E-state index in [1.54, 1.807) is 0 Å². The molecule has 0 amide bonds. The molecule has 4 heteroatoms. The fourth-order valence-corrected chi connectivity index (χ4v) is 3.93. The van der Waals surface area contributed by atoms with Crippen LogP contribution >= 0.6 is 0 Å². The first-order valence-electron chi connectivity index (χ1n) is 6.77. The van der Waals surface area contributed by atoms with Gasteiger partial charge in [-0.1, -0.05) is 11.6 Å². The van der Waals surface area contributed by atoms with Crippen molar-refractivity contribution in [2.75, 3.05) is 6.54 Å². The second-order valence-corrected chi connectivity index (χ2v) is 6.48. The number of alkyl halides is 1. The zero-order chi connectivity index (χ0) is 13.0. The Kier molecular flexibility index (Phi) is 2.56. The van der Waals surface area contributed by atoms with E-state index in [1.165, 1.54) is 5.57 Å². The monoisotopic (exact) mass is 253 g/mol. The third-order valence-corrected chi connectivity index (χ3v) is 5.07. The highest BCUT2D eigenvalue weighted by Crippen LogP contribution is 2.61. The molecule has 2 saturated carbocycles. The second-order valence-electron chi connectivity index (χ2n) is 6.48. The first kappa shape index (κ1) is 12.2. The van der Waals surface area contributed by atoms with Crippen LogP contribution in [-0.4, -0.2) is 23.3 Å². The van der Waals surface area contributed by atoms with Crippen LogP contribution in [0, 0.1) is 17.3 Å². The molecule has 0 aliphatic heterocycles. The quantitative estimate of drug-likeness (QED) is 0.739. The van der Waals surface area contributed by atoms with E-state index in [2.05, 4.69) is 6.08 Å². The highest BCUT2D eigenvalue weighted by molar-refractivity contribution is 5.68. The zero-order valence-electron chi connectivity index (χ0n) is 10.5. The molecule has 3 rings (SSSR count). The van der Waals surface area contributed by atoms with Gasteiger partial charge in [0.15, 0.2) is 0 Å². The van der Waals surface area contributed by atoms with E-state index in [1.807, 2.05) is 0 Å². The van der Waals surface area contributed by atoms with E-state index in [0.29, 0.717) is 31.7 Å². The molecule has 0 bridgehead atoms. The number of nitrogens with two attached hydrogens (primary N) is 1. The van der Waals surface area contributed by atoms with Gasteiger partial charge in [-0.25, -0.2) is 4.39 Å². The summed E-state index contributed by atoms with van der Waals surface area (Å²) < 4.78 is 13.8. The fourth-order valence-electron chi connectivity index (χ4n) is 3.93. The Balaban J connectivity index is 1.70. The Labute approximate surface area is 106 Å². The van der Waals surface area contributed by atoms with Crippen molar-refractivity contribution in [2.24, 2.45) is 23.0 Å². The summed E-state index contributed by atoms with van der Waals surface area (Å²) >= 11 is 0. The zero-order valence-corrected chi connectivity index (χ0v) is 10.5. The maximum absolute atomic E-state index is 13.8. The summed E-state index contributed by atoms with van der Waals surface area (Å²) in [6, 6.07) is 0. The Morgan fingerprint density at radius 1 is 1.56 bits per heavy atom. The first-order valence-corrected chi connectivity index (χ1v) is 6.77. The van der Waals surface area contributed by atoms with Crippen LogP contribution in [0.25, 0.3) is 0 Å². The number of halogens is 1. The van der Waals surface area contributed by atoms with Gasteiger partial charge < -0.3 is 10.8 Å². The number of fused-ring (bicyclic) bond motifs is 1. The van der Waals surface area contributed by atoms with Crippen molar-refractivity contribution in [3.05, 3.63) is 11.6 Å². The fraction of sp³-hybridized carbons (Fsp3) is 0.786. The number of hydrogen-bond acceptors (Lipinski definition) is 2. The molecule has 0 saturated heterocycles. The lowest BCUT2D eigenvalue weighted by Gasteiger charge is -2.51. The van der Waals surface area contributed by atoms with Gasteiger partial charge in [0, 0.05) is 6.42 Å². The molecule has 0 unspecified atom stereocenters. The third kappa shape index (κ3) is 1.87. The van der Waals surface area contributed by atoms with Crippen LogP contribution in [0.2, 0.25) is 0 Å². The van der Waals surface area contributed by atoms with Crippen LogP contribution < -0.4 is 5.73 Å². The van der Waals surface area contributed by atoms with Crippen molar-refractivity contribution in [1.82, 2.24) is 0 Å². The van der Waals surface area contributed by atoms with Gasteiger partial charge in [-0.3, -0.25) is 4.79 Å². The van der Waals surface area contributed by atoms with Gasteiger partial charge in [0.1, 0.15) is 5.67 Å². The highest BCUT2D eigenvalue weighted by atomic mass is 19.1. The van der Waals surface area contributed by atoms with Gasteiger partial charge in [0.25, 0.3) is 0 Å². The molecule has 0 aromatic rings. The van der Waals surface area contributed by atoms with E-state index >= 15 is 0 Å². The van der Waals surface area contributed by atoms with Crippen LogP contribution in [0.1, 0.15) is 38.5 Å². The van der Waals surface area contributed by atoms with Crippen molar-refractivity contribution >= 4 is 5.97 Å². The molecule has 3 N–H and O–H groups in total. The summed E-state index contributed by atoms with van der Waals surface area (Å²) in [5.41, 5.74) is 5.80. The molecule has 3 nitrogen and oxygen atoms in total. The lowest BCUT2D eigenvalue weighted by Crippen LogP contribution is -2.51. The number of allylic oxidation sites excluding steroid dienone is 2. The highest BCUT2D eigenvalue weighted by Gasteiger charge is 2.56. The van der Waals surface area contributed by atoms with Crippen molar-refractivity contribution in [1.29, 1.82) is 0 Å². The van der Waals surface area contributed by atoms with Crippen molar-refractivity contribution in [3.8, 4) is 0 Å². The van der Waals surface area contributed by atoms with Crippen LogP contribution in [0.5, 0.6) is 0 Å². The van der Waals surface area contributed by atoms with Crippen LogP contribution in [0.4, 0.5) is 4.39 Å². The minimum Gasteiger partial charge on any atom is -0.481 e. The molecular weight excluding hydrogens is 233 g/mol. The largest absolute Gasteiger partial charge is 0.481 e. The summed E-state index contributed by atoms with van der Waals surface area (Å²) in [5.74, 6) is 0.0195. The number of aliphatic carboxylic acids is 1. The Hall–Kier alpha value is -0.900. The van der Waals surface area contributed by atoms with Crippen LogP contribution in [0.15, 0.2) is 11.6 Å². The average Bonchev–Trinajstić information content (AvgIpc) is 2.91. The topological polar surface area (TPSA) is 63.3 Å². The van der Waals surface area contributed by atoms with Gasteiger partial charge in [-0.05, 0) is 49.5 Å². The number of rotatable bonds is 5. The lowest BCUT2D eigenvalue weighted by atomic mass is 9.53. The molecule has 3 aliphatic carbocycles. The molecule has 0 aromatic heterocycles. The SMILES string of the molecule is NC[C@]1(CC(=O)O)C[C@H]2CC(CC3(F)CC3)=C[C@H]21. The normalized spacial score (nSPS) is 39.8. The summed E-state index contributed by atoms with van der Waals surface area (Å²) in [6.45, 7) is 0.422. The molecule has 0 heterocycles. The van der Waals surface area contributed by atoms with Crippen LogP contribution in [0.3, 0.4) is 0 Å². The third-order valence-electron chi connectivity index (χ3n) is 5.07. The van der Waals surface area contributed by atoms with Gasteiger partial charge >= 0.3 is 5.97 Å². The second kappa shape index (κ2) is 3.80.